The third-order valence-electron chi connectivity index (χ3n) is 7.69. The van der Waals surface area contributed by atoms with Crippen LogP contribution < -0.4 is 4.74 Å². The fourth-order valence-corrected chi connectivity index (χ4v) is 6.09. The van der Waals surface area contributed by atoms with Gasteiger partial charge in [0.1, 0.15) is 5.76 Å². The van der Waals surface area contributed by atoms with E-state index in [0.29, 0.717) is 24.9 Å². The lowest BCUT2D eigenvalue weighted by Crippen LogP contribution is -2.74. The number of carboxylic acid groups (broad SMARTS) is 1. The van der Waals surface area contributed by atoms with Crippen LogP contribution in [0, 0.1) is 0 Å². The molecule has 4 aliphatic rings. The summed E-state index contributed by atoms with van der Waals surface area (Å²) in [7, 11) is 1.92. The number of likely N-dealkylation sites (N-methyl/N-ethyl adjacent to an activating group) is 1. The number of carbonyl (C=O) groups is 3. The maximum absolute atomic E-state index is 12.6. The summed E-state index contributed by atoms with van der Waals surface area (Å²) in [5.74, 6) is -4.32. The summed E-state index contributed by atoms with van der Waals surface area (Å²) in [4.78, 5) is 37.0. The molecular formula is C23H25NO11. The van der Waals surface area contributed by atoms with Crippen LogP contribution in [0.3, 0.4) is 0 Å². The van der Waals surface area contributed by atoms with Crippen LogP contribution in [-0.2, 0) is 35.7 Å². The van der Waals surface area contributed by atoms with Crippen LogP contribution in [0.25, 0.3) is 0 Å². The molecule has 12 heteroatoms. The molecular weight excluding hydrogens is 466 g/mol. The molecule has 0 amide bonds. The number of likely N-dealkylation sites (tertiary alicyclic amines) is 1. The molecule has 5 rings (SSSR count). The normalized spacial score (nSPS) is 31.9. The van der Waals surface area contributed by atoms with Crippen molar-refractivity contribution in [2.45, 2.75) is 54.6 Å². The first kappa shape index (κ1) is 23.5. The van der Waals surface area contributed by atoms with Crippen LogP contribution in [0.4, 0.5) is 0 Å². The number of aliphatic hydroxyl groups is 3. The Kier molecular flexibility index (Phi) is 5.33. The number of carbonyl (C=O) groups excluding carboxylic acids is 2. The zero-order valence-corrected chi connectivity index (χ0v) is 18.7. The lowest BCUT2D eigenvalue weighted by molar-refractivity contribution is -0.179. The number of piperidine rings is 1. The van der Waals surface area contributed by atoms with Gasteiger partial charge in [0.2, 0.25) is 0 Å². The third kappa shape index (κ3) is 3.17. The van der Waals surface area contributed by atoms with Gasteiger partial charge in [0, 0.05) is 18.0 Å². The van der Waals surface area contributed by atoms with Crippen LogP contribution in [0.1, 0.15) is 24.0 Å². The lowest BCUT2D eigenvalue weighted by Gasteiger charge is -2.61. The van der Waals surface area contributed by atoms with E-state index in [-0.39, 0.29) is 29.7 Å². The van der Waals surface area contributed by atoms with Gasteiger partial charge in [-0.3, -0.25) is 0 Å². The zero-order chi connectivity index (χ0) is 25.3. The Balaban J connectivity index is 1.45. The maximum atomic E-state index is 12.6. The van der Waals surface area contributed by atoms with E-state index in [4.69, 9.17) is 14.6 Å². The van der Waals surface area contributed by atoms with Gasteiger partial charge in [0.25, 0.3) is 0 Å². The molecule has 35 heavy (non-hydrogen) atoms. The first-order valence-electron chi connectivity index (χ1n) is 11.1. The Morgan fingerprint density at radius 3 is 2.66 bits per heavy atom. The molecule has 5 N–H and O–H groups in total. The molecule has 0 radical (unpaired) electrons. The van der Waals surface area contributed by atoms with Crippen LogP contribution in [0.15, 0.2) is 24.0 Å². The van der Waals surface area contributed by atoms with Crippen molar-refractivity contribution >= 4 is 17.9 Å². The van der Waals surface area contributed by atoms with E-state index in [1.54, 1.807) is 6.07 Å². The van der Waals surface area contributed by atoms with E-state index in [2.05, 4.69) is 9.64 Å². The number of benzene rings is 1. The molecule has 0 aromatic heterocycles. The molecule has 2 bridgehead atoms. The second kappa shape index (κ2) is 7.92. The molecule has 6 atom stereocenters. The standard InChI is InChI=1S/C23H25NO11/c1-24-7-6-22-15-10-2-3-11(25)18(15)35-19(22)12(4-5-23(22,32)13(24)8-10)34-21(31)17(29)16(28)20(30)33-9-14(26)27/h2-4,13,16-17,19,25,28-29,32H,5-9H2,1H3,(H,26,27)/t13-,16-,17-,19+,22+,23-/m1/s1. The molecule has 1 saturated heterocycles. The van der Waals surface area contributed by atoms with Crippen molar-refractivity contribution in [1.82, 2.24) is 4.90 Å². The lowest BCUT2D eigenvalue weighted by atomic mass is 9.50. The number of aliphatic carboxylic acids is 1. The van der Waals surface area contributed by atoms with Gasteiger partial charge in [0.15, 0.2) is 36.4 Å². The number of carboxylic acids is 1. The molecule has 0 unspecified atom stereocenters. The van der Waals surface area contributed by atoms with Gasteiger partial charge in [-0.2, -0.15) is 0 Å². The van der Waals surface area contributed by atoms with Gasteiger partial charge < -0.3 is 44.6 Å². The molecule has 0 saturated carbocycles. The first-order chi connectivity index (χ1) is 16.5. The highest BCUT2D eigenvalue weighted by Gasteiger charge is 2.72. The van der Waals surface area contributed by atoms with E-state index in [0.717, 1.165) is 5.56 Å². The van der Waals surface area contributed by atoms with Crippen molar-refractivity contribution < 1.29 is 54.1 Å². The van der Waals surface area contributed by atoms with Crippen LogP contribution in [0.5, 0.6) is 11.5 Å². The Bertz CT molecular complexity index is 1150. The van der Waals surface area contributed by atoms with Crippen LogP contribution in [0.2, 0.25) is 0 Å². The number of aliphatic hydroxyl groups excluding tert-OH is 2. The summed E-state index contributed by atoms with van der Waals surface area (Å²) < 4.78 is 15.8. The predicted octanol–water partition coefficient (Wildman–Crippen LogP) is -1.44. The minimum atomic E-state index is -2.37. The number of esters is 2. The SMILES string of the molecule is CN1CC[C@]23c4c5ccc(O)c4O[C@H]2C(OC(=O)[C@H](O)[C@@H](O)C(=O)OCC(=O)O)=CC[C@@]3(O)[C@H]1C5. The van der Waals surface area contributed by atoms with E-state index >= 15 is 0 Å². The quantitative estimate of drug-likeness (QED) is 0.293. The number of rotatable bonds is 6. The number of hydrogen-bond acceptors (Lipinski definition) is 11. The molecule has 1 spiro atoms. The molecule has 2 aliphatic heterocycles. The molecule has 1 fully saturated rings. The van der Waals surface area contributed by atoms with Gasteiger partial charge in [-0.15, -0.1) is 0 Å². The zero-order valence-electron chi connectivity index (χ0n) is 18.7. The summed E-state index contributed by atoms with van der Waals surface area (Å²) in [6.45, 7) is -0.446. The van der Waals surface area contributed by atoms with Gasteiger partial charge in [0.05, 0.1) is 11.0 Å². The summed E-state index contributed by atoms with van der Waals surface area (Å²) in [6, 6.07) is 3.05. The largest absolute Gasteiger partial charge is 0.504 e. The monoisotopic (exact) mass is 491 g/mol. The van der Waals surface area contributed by atoms with Gasteiger partial charge in [-0.05, 0) is 44.1 Å². The third-order valence-corrected chi connectivity index (χ3v) is 7.69. The second-order valence-electron chi connectivity index (χ2n) is 9.41. The number of nitrogens with zero attached hydrogens (tertiary/aromatic N) is 1. The number of aromatic hydroxyl groups is 1. The number of phenols is 1. The minimum absolute atomic E-state index is 0.0309. The van der Waals surface area contributed by atoms with Crippen molar-refractivity contribution in [2.75, 3.05) is 20.2 Å². The summed E-state index contributed by atoms with van der Waals surface area (Å²) in [5, 5.41) is 51.1. The molecule has 2 aliphatic carbocycles. The van der Waals surface area contributed by atoms with Crippen molar-refractivity contribution in [3.63, 3.8) is 0 Å². The molecule has 2 heterocycles. The average molecular weight is 491 g/mol. The first-order valence-corrected chi connectivity index (χ1v) is 11.1. The summed E-state index contributed by atoms with van der Waals surface area (Å²) >= 11 is 0. The van der Waals surface area contributed by atoms with Crippen molar-refractivity contribution in [1.29, 1.82) is 0 Å². The van der Waals surface area contributed by atoms with Gasteiger partial charge in [-0.25, -0.2) is 14.4 Å². The van der Waals surface area contributed by atoms with Crippen molar-refractivity contribution in [3.8, 4) is 11.5 Å². The second-order valence-corrected chi connectivity index (χ2v) is 9.41. The maximum Gasteiger partial charge on any atom is 0.343 e. The molecule has 1 aromatic rings. The van der Waals surface area contributed by atoms with E-state index in [1.807, 2.05) is 7.05 Å². The summed E-state index contributed by atoms with van der Waals surface area (Å²) in [5.41, 5.74) is -0.731. The van der Waals surface area contributed by atoms with E-state index in [1.165, 1.54) is 12.1 Å². The van der Waals surface area contributed by atoms with Gasteiger partial charge >= 0.3 is 17.9 Å². The molecule has 1 aromatic carbocycles. The van der Waals surface area contributed by atoms with Crippen molar-refractivity contribution in [2.24, 2.45) is 0 Å². The van der Waals surface area contributed by atoms with Crippen LogP contribution >= 0.6 is 0 Å². The minimum Gasteiger partial charge on any atom is -0.504 e. The Hall–Kier alpha value is -3.19. The highest BCUT2D eigenvalue weighted by molar-refractivity contribution is 5.86. The highest BCUT2D eigenvalue weighted by Crippen LogP contribution is 2.65. The summed E-state index contributed by atoms with van der Waals surface area (Å²) in [6.07, 6.45) is -3.19. The van der Waals surface area contributed by atoms with Gasteiger partial charge in [-0.1, -0.05) is 6.07 Å². The van der Waals surface area contributed by atoms with Crippen LogP contribution in [-0.4, -0.2) is 98.5 Å². The highest BCUT2D eigenvalue weighted by atomic mass is 16.6. The topological polar surface area (TPSA) is 183 Å². The fourth-order valence-electron chi connectivity index (χ4n) is 6.09. The average Bonchev–Trinajstić information content (AvgIpc) is 3.18. The Morgan fingerprint density at radius 2 is 1.94 bits per heavy atom. The Morgan fingerprint density at radius 1 is 1.23 bits per heavy atom. The number of phenolic OH excluding ortho intramolecular Hbond substituents is 1. The van der Waals surface area contributed by atoms with E-state index in [9.17, 15) is 34.8 Å². The molecule has 188 valence electrons. The van der Waals surface area contributed by atoms with E-state index < -0.39 is 53.8 Å². The smallest absolute Gasteiger partial charge is 0.343 e. The molecule has 12 nitrogen and oxygen atoms in total. The Labute approximate surface area is 198 Å². The number of hydrogen-bond donors (Lipinski definition) is 5. The fraction of sp³-hybridized carbons (Fsp3) is 0.522. The van der Waals surface area contributed by atoms with Crippen molar-refractivity contribution in [3.05, 3.63) is 35.1 Å². The predicted molar refractivity (Wildman–Crippen MR) is 113 cm³/mol. The number of ether oxygens (including phenoxy) is 3.